The van der Waals surface area contributed by atoms with E-state index in [0.29, 0.717) is 13.3 Å². The fourth-order valence-electron chi connectivity index (χ4n) is 0. The monoisotopic (exact) mass is 1040 g/mol. The first-order valence-electron chi connectivity index (χ1n) is 0.429. The molecule has 0 saturated heterocycles. The van der Waals surface area contributed by atoms with Gasteiger partial charge in [0.25, 0.3) is 0 Å². The first kappa shape index (κ1) is 93.3. The third kappa shape index (κ3) is 161. The van der Waals surface area contributed by atoms with E-state index in [0.717, 1.165) is 0 Å². The van der Waals surface area contributed by atoms with E-state index in [1.165, 1.54) is 0 Å². The van der Waals surface area contributed by atoms with E-state index in [1.54, 1.807) is 0 Å². The van der Waals surface area contributed by atoms with Gasteiger partial charge in [-0.2, -0.15) is 0 Å². The number of hydrogen-bond donors (Lipinski definition) is 0. The minimum Gasteiger partial charge on any atom is -1.00 e. The van der Waals surface area contributed by atoms with Gasteiger partial charge in [0, 0.05) is 37.2 Å². The average molecular weight is 1040 g/mol. The number of rotatable bonds is 0. The predicted octanol–water partition coefficient (Wildman–Crippen LogP) is -1.15. The molecule has 14 heavy (non-hydrogen) atoms. The summed E-state index contributed by atoms with van der Waals surface area (Å²) in [4.78, 5) is 0. The Morgan fingerprint density at radius 1 is 0.571 bits per heavy atom. The summed E-state index contributed by atoms with van der Waals surface area (Å²) < 4.78 is 0. The molecule has 106 valence electrons. The van der Waals surface area contributed by atoms with Crippen LogP contribution < -0.4 is 61.2 Å². The van der Waals surface area contributed by atoms with Crippen LogP contribution in [0.1, 0.15) is 0 Å². The van der Waals surface area contributed by atoms with Crippen molar-refractivity contribution >= 4 is 74.5 Å². The van der Waals surface area contributed by atoms with Crippen LogP contribution in [0.2, 0.25) is 0 Å². The van der Waals surface area contributed by atoms with Crippen molar-refractivity contribution < 1.29 is 78.0 Å². The van der Waals surface area contributed by atoms with Crippen LogP contribution in [0.3, 0.4) is 0 Å². The fourth-order valence-corrected chi connectivity index (χ4v) is 0. The van der Waals surface area contributed by atoms with Crippen molar-refractivity contribution in [2.45, 2.75) is 0 Å². The first-order valence-corrected chi connectivity index (χ1v) is 19.3. The van der Waals surface area contributed by atoms with Gasteiger partial charge in [0.05, 0.1) is 0 Å². The quantitative estimate of drug-likeness (QED) is 0.265. The minimum atomic E-state index is 0. The number of nitrogens with two attached hydrogens (primary N) is 6. The molecule has 0 radical (unpaired) electrons. The van der Waals surface area contributed by atoms with Gasteiger partial charge in [0.2, 0.25) is 0 Å². The van der Waals surface area contributed by atoms with E-state index < -0.39 is 0 Å². The molecule has 0 aliphatic heterocycles. The van der Waals surface area contributed by atoms with Crippen LogP contribution in [0.5, 0.6) is 0 Å². The van der Waals surface area contributed by atoms with Crippen LogP contribution in [0.4, 0.5) is 0 Å². The van der Waals surface area contributed by atoms with Gasteiger partial charge in [-0.15, -0.1) is 0 Å². The zero-order chi connectivity index (χ0) is 4.71. The van der Waals surface area contributed by atoms with Gasteiger partial charge in [0.15, 0.2) is 0 Å². The Bertz CT molecular complexity index is 18.1. The van der Waals surface area contributed by atoms with Gasteiger partial charge in [-0.1, -0.05) is 0 Å². The van der Waals surface area contributed by atoms with Crippen LogP contribution in [0.15, 0.2) is 0 Å². The summed E-state index contributed by atoms with van der Waals surface area (Å²) in [6, 6.07) is 0. The Balaban J connectivity index is -0.000000000884. The molecule has 14 heteroatoms. The Morgan fingerprint density at radius 3 is 0.571 bits per heavy atom. The summed E-state index contributed by atoms with van der Waals surface area (Å²) in [5.74, 6) is 0. The van der Waals surface area contributed by atoms with Crippen molar-refractivity contribution in [2.75, 3.05) is 0 Å². The van der Waals surface area contributed by atoms with Gasteiger partial charge >= 0.3 is 67.3 Å². The second-order valence-electron chi connectivity index (χ2n) is 0.0540. The third-order valence-electron chi connectivity index (χ3n) is 0. The van der Waals surface area contributed by atoms with Gasteiger partial charge < -0.3 is 84.9 Å². The topological polar surface area (TPSA) is 201 Å². The van der Waals surface area contributed by atoms with Gasteiger partial charge in [0.1, 0.15) is 0 Å². The third-order valence-corrected chi connectivity index (χ3v) is 0. The van der Waals surface area contributed by atoms with Crippen molar-refractivity contribution in [3.63, 3.8) is 0 Å². The summed E-state index contributed by atoms with van der Waals surface area (Å²) in [5.41, 5.74) is 0. The normalized spacial score (nSPS) is 2.00. The molecular formula is H12CoI7N6-6. The molecule has 6 nitrogen and oxygen atoms in total. The average Bonchev–Trinajstić information content (AvgIpc) is 1.46. The summed E-state index contributed by atoms with van der Waals surface area (Å²) >= 11 is 9.54. The van der Waals surface area contributed by atoms with Crippen LogP contribution in [0, 0.1) is 0 Å². The van der Waals surface area contributed by atoms with E-state index in [1.807, 2.05) is 0 Å². The van der Waals surface area contributed by atoms with Crippen molar-refractivity contribution in [1.29, 1.82) is 0 Å². The molecule has 0 saturated carbocycles. The van der Waals surface area contributed by atoms with Crippen molar-refractivity contribution in [1.82, 2.24) is 0 Å². The molecule has 0 aliphatic carbocycles. The second kappa shape index (κ2) is 136. The summed E-state index contributed by atoms with van der Waals surface area (Å²) in [7, 11) is 0. The minimum absolute atomic E-state index is 0. The smallest absolute Gasteiger partial charge is 1.00 e. The molecule has 0 aliphatic rings. The maximum absolute atomic E-state index is 2.39. The van der Waals surface area contributed by atoms with Crippen molar-refractivity contribution in [3.8, 4) is 0 Å². The van der Waals surface area contributed by atoms with Crippen LogP contribution in [-0.4, -0.2) is 0 Å². The van der Waals surface area contributed by atoms with Crippen molar-refractivity contribution in [3.05, 3.63) is 36.9 Å². The van der Waals surface area contributed by atoms with Crippen molar-refractivity contribution in [2.24, 2.45) is 0 Å². The molecule has 0 aromatic carbocycles. The van der Waals surface area contributed by atoms with Crippen LogP contribution in [0.25, 0.3) is 36.9 Å². The van der Waals surface area contributed by atoms with Gasteiger partial charge in [-0.3, -0.25) is 0 Å². The fraction of sp³-hybridized carbons (Fsp3) is 0. The predicted molar refractivity (Wildman–Crippen MR) is 87.8 cm³/mol. The van der Waals surface area contributed by atoms with E-state index in [2.05, 4.69) is 74.5 Å². The maximum atomic E-state index is 2.39. The van der Waals surface area contributed by atoms with Crippen LogP contribution in [-0.2, 0) is 16.8 Å². The Morgan fingerprint density at radius 2 is 0.571 bits per heavy atom. The molecule has 0 rings (SSSR count). The largest absolute Gasteiger partial charge is 3.00 e. The molecule has 0 aromatic rings. The molecule has 0 atom stereocenters. The zero-order valence-corrected chi connectivity index (χ0v) is 22.6. The number of hydrogen-bond acceptors (Lipinski definition) is 0. The first-order chi connectivity index (χ1) is 2.41. The molecule has 0 unspecified atom stereocenters. The van der Waals surface area contributed by atoms with Gasteiger partial charge in [-0.25, -0.2) is 0 Å². The summed E-state index contributed by atoms with van der Waals surface area (Å²) in [6.45, 7) is 0. The molecular weight excluding hydrogens is 1030 g/mol. The molecule has 0 fully saturated rings. The molecule has 12 N–H and O–H groups in total. The Hall–Kier alpha value is 5.38. The van der Waals surface area contributed by atoms with E-state index in [4.69, 9.17) is 0 Å². The molecule has 0 amide bonds. The SMILES string of the molecule is II.I[I-]I.[Co+3].[I-].[I-].[NH2-].[NH2-].[NH2-].[NH2-].[NH2-].[NH2-]. The van der Waals surface area contributed by atoms with E-state index >= 15 is 0 Å². The van der Waals surface area contributed by atoms with E-state index in [9.17, 15) is 0 Å². The number of halogens is 7. The molecule has 0 heterocycles. The molecule has 0 aromatic heterocycles. The standard InChI is InChI=1S/Co.I3.I2.2HI.6H2N/c;1-3-2;1-2;;;;;;;;/h;;;2*1H;6*1H2/q+3;-1;;;;6*-1/p-2. The maximum Gasteiger partial charge on any atom is 3.00 e. The van der Waals surface area contributed by atoms with Crippen LogP contribution >= 0.6 is 74.5 Å². The Labute approximate surface area is 184 Å². The second-order valence-corrected chi connectivity index (χ2v) is 16.3. The summed E-state index contributed by atoms with van der Waals surface area (Å²) in [5, 5.41) is 0. The van der Waals surface area contributed by atoms with Gasteiger partial charge in [-0.05, 0) is 0 Å². The zero-order valence-electron chi connectivity index (χ0n) is 6.44. The Kier molecular flexibility index (Phi) is 909. The molecule has 0 spiro atoms. The van der Waals surface area contributed by atoms with E-state index in [-0.39, 0.29) is 102 Å². The molecule has 0 bridgehead atoms. The summed E-state index contributed by atoms with van der Waals surface area (Å²) in [6.07, 6.45) is 0.